The first-order chi connectivity index (χ1) is 11.4. The number of aromatic nitrogens is 1. The fourth-order valence-corrected chi connectivity index (χ4v) is 2.81. The van der Waals surface area contributed by atoms with Gasteiger partial charge in [0.15, 0.2) is 0 Å². The number of hydrogen-bond acceptors (Lipinski definition) is 4. The molecule has 0 radical (unpaired) electrons. The van der Waals surface area contributed by atoms with Gasteiger partial charge in [0.25, 0.3) is 5.56 Å². The molecular weight excluding hydrogens is 304 g/mol. The molecule has 0 spiro atoms. The second-order valence-electron chi connectivity index (χ2n) is 6.27. The first-order valence-electron chi connectivity index (χ1n) is 7.73. The maximum absolute atomic E-state index is 12.5. The van der Waals surface area contributed by atoms with Crippen molar-refractivity contribution in [1.82, 2.24) is 4.57 Å². The highest BCUT2D eigenvalue weighted by Crippen LogP contribution is 2.36. The van der Waals surface area contributed by atoms with Crippen molar-refractivity contribution in [3.63, 3.8) is 0 Å². The van der Waals surface area contributed by atoms with E-state index < -0.39 is 5.60 Å². The summed E-state index contributed by atoms with van der Waals surface area (Å²) in [5, 5.41) is 18.2. The predicted molar refractivity (Wildman–Crippen MR) is 90.7 cm³/mol. The molecule has 0 aliphatic carbocycles. The topological polar surface area (TPSA) is 75.3 Å². The Balaban J connectivity index is 2.18. The molecule has 0 bridgehead atoms. The molecule has 0 fully saturated rings. The lowest BCUT2D eigenvalue weighted by molar-refractivity contribution is 0.157. The van der Waals surface area contributed by atoms with Crippen LogP contribution < -0.4 is 10.3 Å². The smallest absolute Gasteiger partial charge is 0.255 e. The lowest BCUT2D eigenvalue weighted by Crippen LogP contribution is -2.32. The Morgan fingerprint density at radius 1 is 1.29 bits per heavy atom. The van der Waals surface area contributed by atoms with Crippen LogP contribution >= 0.6 is 0 Å². The molecule has 5 nitrogen and oxygen atoms in total. The van der Waals surface area contributed by atoms with Gasteiger partial charge in [-0.1, -0.05) is 0 Å². The van der Waals surface area contributed by atoms with Gasteiger partial charge < -0.3 is 9.84 Å². The molecule has 1 N–H and O–H groups in total. The van der Waals surface area contributed by atoms with Crippen molar-refractivity contribution < 1.29 is 9.84 Å². The summed E-state index contributed by atoms with van der Waals surface area (Å²) in [5.41, 5.74) is 1.95. The number of aliphatic hydroxyl groups is 1. The number of fused-ring (bicyclic) bond motifs is 1. The van der Waals surface area contributed by atoms with Gasteiger partial charge in [0.2, 0.25) is 0 Å². The fourth-order valence-electron chi connectivity index (χ4n) is 2.81. The van der Waals surface area contributed by atoms with E-state index in [1.807, 2.05) is 26.0 Å². The van der Waals surface area contributed by atoms with E-state index in [0.717, 1.165) is 5.56 Å². The Kier molecular flexibility index (Phi) is 4.00. The van der Waals surface area contributed by atoms with Crippen molar-refractivity contribution in [2.45, 2.75) is 25.9 Å². The zero-order valence-electron chi connectivity index (χ0n) is 13.6. The van der Waals surface area contributed by atoms with Crippen molar-refractivity contribution in [3.05, 3.63) is 69.6 Å². The molecule has 0 amide bonds. The van der Waals surface area contributed by atoms with Crippen LogP contribution in [0.2, 0.25) is 0 Å². The van der Waals surface area contributed by atoms with Gasteiger partial charge in [-0.2, -0.15) is 5.26 Å². The highest BCUT2D eigenvalue weighted by Gasteiger charge is 2.28. The summed E-state index contributed by atoms with van der Waals surface area (Å²) in [7, 11) is 0. The lowest BCUT2D eigenvalue weighted by atomic mass is 9.97. The zero-order chi connectivity index (χ0) is 17.3. The van der Waals surface area contributed by atoms with E-state index in [1.54, 1.807) is 29.0 Å². The Bertz CT molecular complexity index is 917. The van der Waals surface area contributed by atoms with Gasteiger partial charge in [-0.25, -0.2) is 0 Å². The Labute approximate surface area is 140 Å². The van der Waals surface area contributed by atoms with E-state index in [4.69, 9.17) is 15.1 Å². The quantitative estimate of drug-likeness (QED) is 0.941. The van der Waals surface area contributed by atoms with Gasteiger partial charge in [0, 0.05) is 24.4 Å². The van der Waals surface area contributed by atoms with Crippen LogP contribution in [-0.2, 0) is 6.42 Å². The van der Waals surface area contributed by atoms with E-state index in [2.05, 4.69) is 6.07 Å². The first kappa shape index (κ1) is 16.0. The molecule has 0 saturated carbocycles. The third kappa shape index (κ3) is 2.97. The molecular formula is C19H18N2O3. The SMILES string of the molecule is CC1(C)C=C(n2ccc(CCO)cc2=O)c2cc(C#N)ccc2O1. The number of rotatable bonds is 3. The number of nitriles is 1. The summed E-state index contributed by atoms with van der Waals surface area (Å²) in [6.45, 7) is 3.83. The highest BCUT2D eigenvalue weighted by atomic mass is 16.5. The third-order valence-electron chi connectivity index (χ3n) is 3.89. The minimum atomic E-state index is -0.570. The molecule has 0 unspecified atom stereocenters. The summed E-state index contributed by atoms with van der Waals surface area (Å²) < 4.78 is 7.49. The number of benzene rings is 1. The van der Waals surface area contributed by atoms with Crippen LogP contribution in [0.4, 0.5) is 0 Å². The van der Waals surface area contributed by atoms with E-state index in [9.17, 15) is 4.79 Å². The van der Waals surface area contributed by atoms with Crippen molar-refractivity contribution in [2.75, 3.05) is 6.61 Å². The average molecular weight is 322 g/mol. The highest BCUT2D eigenvalue weighted by molar-refractivity contribution is 5.74. The molecule has 2 heterocycles. The Morgan fingerprint density at radius 3 is 2.75 bits per heavy atom. The Hall–Kier alpha value is -2.84. The van der Waals surface area contributed by atoms with E-state index in [0.29, 0.717) is 29.0 Å². The average Bonchev–Trinajstić information content (AvgIpc) is 2.53. The van der Waals surface area contributed by atoms with Crippen molar-refractivity contribution >= 4 is 5.70 Å². The van der Waals surface area contributed by atoms with E-state index in [-0.39, 0.29) is 12.2 Å². The Morgan fingerprint density at radius 2 is 2.08 bits per heavy atom. The van der Waals surface area contributed by atoms with Gasteiger partial charge in [-0.15, -0.1) is 0 Å². The molecule has 1 aliphatic heterocycles. The largest absolute Gasteiger partial charge is 0.483 e. The van der Waals surface area contributed by atoms with E-state index >= 15 is 0 Å². The minimum absolute atomic E-state index is 0.00137. The number of pyridine rings is 1. The van der Waals surface area contributed by atoms with Gasteiger partial charge in [0.1, 0.15) is 11.4 Å². The second kappa shape index (κ2) is 5.99. The molecule has 24 heavy (non-hydrogen) atoms. The van der Waals surface area contributed by atoms with Crippen molar-refractivity contribution in [3.8, 4) is 11.8 Å². The molecule has 1 aromatic heterocycles. The normalized spacial score (nSPS) is 15.0. The number of hydrogen-bond donors (Lipinski definition) is 1. The maximum atomic E-state index is 12.5. The summed E-state index contributed by atoms with van der Waals surface area (Å²) in [6.07, 6.45) is 4.02. The fraction of sp³-hybridized carbons (Fsp3) is 0.263. The van der Waals surface area contributed by atoms with Crippen LogP contribution in [0.25, 0.3) is 5.70 Å². The van der Waals surface area contributed by atoms with Gasteiger partial charge >= 0.3 is 0 Å². The van der Waals surface area contributed by atoms with Gasteiger partial charge in [-0.3, -0.25) is 9.36 Å². The number of aliphatic hydroxyl groups excluding tert-OH is 1. The number of ether oxygens (including phenoxy) is 1. The zero-order valence-corrected chi connectivity index (χ0v) is 13.6. The van der Waals surface area contributed by atoms with Crippen LogP contribution in [0, 0.1) is 11.3 Å². The van der Waals surface area contributed by atoms with Crippen LogP contribution in [0.1, 0.15) is 30.5 Å². The van der Waals surface area contributed by atoms with Gasteiger partial charge in [0.05, 0.1) is 17.3 Å². The van der Waals surface area contributed by atoms with Crippen LogP contribution in [0.5, 0.6) is 5.75 Å². The number of nitrogens with zero attached hydrogens (tertiary/aromatic N) is 2. The summed E-state index contributed by atoms with van der Waals surface area (Å²) >= 11 is 0. The van der Waals surface area contributed by atoms with E-state index in [1.165, 1.54) is 6.07 Å². The van der Waals surface area contributed by atoms with Crippen molar-refractivity contribution in [2.24, 2.45) is 0 Å². The molecule has 5 heteroatoms. The lowest BCUT2D eigenvalue weighted by Gasteiger charge is -2.31. The molecule has 3 rings (SSSR count). The van der Waals surface area contributed by atoms with Gasteiger partial charge in [-0.05, 0) is 56.2 Å². The minimum Gasteiger partial charge on any atom is -0.483 e. The first-order valence-corrected chi connectivity index (χ1v) is 7.73. The van der Waals surface area contributed by atoms with Crippen LogP contribution in [0.3, 0.4) is 0 Å². The molecule has 1 aromatic carbocycles. The standard InChI is InChI=1S/C19H18N2O3/c1-19(2)11-16(15-9-14(12-20)3-4-17(15)24-19)21-7-5-13(6-8-22)10-18(21)23/h3-5,7,9-11,22H,6,8H2,1-2H3. The van der Waals surface area contributed by atoms with Crippen LogP contribution in [-0.4, -0.2) is 21.9 Å². The molecule has 0 atom stereocenters. The third-order valence-corrected chi connectivity index (χ3v) is 3.89. The maximum Gasteiger partial charge on any atom is 0.255 e. The summed E-state index contributed by atoms with van der Waals surface area (Å²) in [4.78, 5) is 12.5. The monoisotopic (exact) mass is 322 g/mol. The summed E-state index contributed by atoms with van der Waals surface area (Å²) in [5.74, 6) is 0.642. The molecule has 122 valence electrons. The predicted octanol–water partition coefficient (Wildman–Crippen LogP) is 2.31. The van der Waals surface area contributed by atoms with Crippen LogP contribution in [0.15, 0.2) is 47.4 Å². The second-order valence-corrected chi connectivity index (χ2v) is 6.27. The molecule has 1 aliphatic rings. The molecule has 0 saturated heterocycles. The summed E-state index contributed by atoms with van der Waals surface area (Å²) in [6, 6.07) is 10.6. The van der Waals surface area contributed by atoms with Crippen molar-refractivity contribution in [1.29, 1.82) is 5.26 Å². The molecule has 2 aromatic rings.